The second kappa shape index (κ2) is 10.5. The van der Waals surface area contributed by atoms with E-state index >= 15 is 0 Å². The molecular formula is C32H23N2O2Pt-. The molecule has 0 radical (unpaired) electrons. The Kier molecular flexibility index (Phi) is 7.03. The van der Waals surface area contributed by atoms with Crippen LogP contribution in [-0.4, -0.2) is 15.1 Å². The third-order valence-electron chi connectivity index (χ3n) is 6.43. The molecule has 6 rings (SSSR count). The molecule has 4 aromatic carbocycles. The largest absolute Gasteiger partial charge is 0.507 e. The summed E-state index contributed by atoms with van der Waals surface area (Å²) in [4.78, 5) is 9.71. The number of hydrogen-bond donors (Lipinski definition) is 1. The maximum Gasteiger partial charge on any atom is 0.230 e. The van der Waals surface area contributed by atoms with Gasteiger partial charge in [-0.15, -0.1) is 29.8 Å². The molecule has 184 valence electrons. The summed E-state index contributed by atoms with van der Waals surface area (Å²) in [5.74, 6) is 0.705. The van der Waals surface area contributed by atoms with Gasteiger partial charge >= 0.3 is 0 Å². The summed E-state index contributed by atoms with van der Waals surface area (Å²) in [6, 6.07) is 39.0. The fourth-order valence-corrected chi connectivity index (χ4v) is 4.47. The molecule has 0 saturated heterocycles. The number of oxazole rings is 1. The molecule has 0 amide bonds. The van der Waals surface area contributed by atoms with Crippen LogP contribution in [0.25, 0.3) is 44.9 Å². The molecule has 1 atom stereocenters. The molecule has 6 aromatic rings. The minimum Gasteiger partial charge on any atom is -0.507 e. The van der Waals surface area contributed by atoms with Crippen LogP contribution < -0.4 is 0 Å². The van der Waals surface area contributed by atoms with E-state index in [0.29, 0.717) is 17.0 Å². The zero-order valence-electron chi connectivity index (χ0n) is 20.0. The van der Waals surface area contributed by atoms with Gasteiger partial charge in [0.15, 0.2) is 0 Å². The molecular weight excluding hydrogens is 639 g/mol. The SMILES string of the molecule is CC(c1ccccc1)c1cccc(-c2[c-]c(-c3cccc4oc(-c5ccccc5O)nc34)ccc2)n1.[Pt]. The Morgan fingerprint density at radius 2 is 1.41 bits per heavy atom. The number of nitrogens with zero attached hydrogens (tertiary/aromatic N) is 2. The van der Waals surface area contributed by atoms with E-state index in [1.165, 1.54) is 5.56 Å². The van der Waals surface area contributed by atoms with E-state index in [4.69, 9.17) is 14.4 Å². The molecule has 4 nitrogen and oxygen atoms in total. The molecule has 2 aromatic heterocycles. The van der Waals surface area contributed by atoms with Gasteiger partial charge in [-0.25, -0.2) is 4.98 Å². The van der Waals surface area contributed by atoms with Crippen LogP contribution in [0, 0.1) is 6.07 Å². The number of hydrogen-bond acceptors (Lipinski definition) is 4. The van der Waals surface area contributed by atoms with Crippen LogP contribution in [0.3, 0.4) is 0 Å². The zero-order chi connectivity index (χ0) is 24.5. The van der Waals surface area contributed by atoms with Crippen molar-refractivity contribution in [1.29, 1.82) is 0 Å². The average molecular weight is 663 g/mol. The molecule has 0 fully saturated rings. The van der Waals surface area contributed by atoms with Gasteiger partial charge in [0.05, 0.1) is 11.1 Å². The summed E-state index contributed by atoms with van der Waals surface area (Å²) in [6.45, 7) is 2.18. The second-order valence-corrected chi connectivity index (χ2v) is 8.75. The van der Waals surface area contributed by atoms with Gasteiger partial charge in [0, 0.05) is 38.4 Å². The van der Waals surface area contributed by atoms with E-state index in [1.807, 2.05) is 54.6 Å². The van der Waals surface area contributed by atoms with Crippen LogP contribution in [0.2, 0.25) is 0 Å². The van der Waals surface area contributed by atoms with E-state index in [-0.39, 0.29) is 32.7 Å². The predicted molar refractivity (Wildman–Crippen MR) is 143 cm³/mol. The van der Waals surface area contributed by atoms with E-state index in [0.717, 1.165) is 33.6 Å². The number of benzene rings is 4. The minimum atomic E-state index is 0. The Morgan fingerprint density at radius 1 is 0.703 bits per heavy atom. The number of phenolic OH excluding ortho intramolecular Hbond substituents is 1. The first-order valence-electron chi connectivity index (χ1n) is 11.9. The van der Waals surface area contributed by atoms with Crippen molar-refractivity contribution in [2.45, 2.75) is 12.8 Å². The van der Waals surface area contributed by atoms with E-state index in [9.17, 15) is 5.11 Å². The first-order valence-corrected chi connectivity index (χ1v) is 11.9. The molecule has 2 heterocycles. The quantitative estimate of drug-likeness (QED) is 0.191. The number of aromatic hydroxyl groups is 1. The first-order chi connectivity index (χ1) is 17.7. The number of rotatable bonds is 5. The molecule has 0 bridgehead atoms. The number of pyridine rings is 1. The van der Waals surface area contributed by atoms with Gasteiger partial charge in [0.1, 0.15) is 11.3 Å². The Balaban J connectivity index is 0.00000280. The zero-order valence-corrected chi connectivity index (χ0v) is 22.3. The van der Waals surface area contributed by atoms with Gasteiger partial charge in [-0.1, -0.05) is 84.8 Å². The topological polar surface area (TPSA) is 59.2 Å². The number of fused-ring (bicyclic) bond motifs is 1. The predicted octanol–water partition coefficient (Wildman–Crippen LogP) is 7.88. The number of phenols is 1. The molecule has 1 N–H and O–H groups in total. The molecule has 0 aliphatic heterocycles. The van der Waals surface area contributed by atoms with Crippen molar-refractivity contribution in [2.75, 3.05) is 0 Å². The molecule has 37 heavy (non-hydrogen) atoms. The molecule has 0 saturated carbocycles. The van der Waals surface area contributed by atoms with Gasteiger partial charge in [-0.3, -0.25) is 4.98 Å². The smallest absolute Gasteiger partial charge is 0.230 e. The average Bonchev–Trinajstić information content (AvgIpc) is 3.38. The van der Waals surface area contributed by atoms with E-state index in [2.05, 4.69) is 49.4 Å². The molecule has 0 spiro atoms. The van der Waals surface area contributed by atoms with Crippen LogP contribution in [0.15, 0.2) is 114 Å². The monoisotopic (exact) mass is 662 g/mol. The molecule has 0 aliphatic carbocycles. The van der Waals surface area contributed by atoms with Gasteiger partial charge < -0.3 is 9.52 Å². The Morgan fingerprint density at radius 3 is 2.24 bits per heavy atom. The Labute approximate surface area is 229 Å². The van der Waals surface area contributed by atoms with Crippen molar-refractivity contribution in [3.8, 4) is 39.6 Å². The van der Waals surface area contributed by atoms with Crippen molar-refractivity contribution in [2.24, 2.45) is 0 Å². The fraction of sp³-hybridized carbons (Fsp3) is 0.0625. The van der Waals surface area contributed by atoms with Crippen LogP contribution in [-0.2, 0) is 21.1 Å². The summed E-state index contributed by atoms with van der Waals surface area (Å²) in [6.07, 6.45) is 0. The van der Waals surface area contributed by atoms with Crippen molar-refractivity contribution in [3.63, 3.8) is 0 Å². The third kappa shape index (κ3) is 4.85. The summed E-state index contributed by atoms with van der Waals surface area (Å²) in [5.41, 5.74) is 7.79. The van der Waals surface area contributed by atoms with Crippen molar-refractivity contribution < 1.29 is 30.6 Å². The number of para-hydroxylation sites is 2. The van der Waals surface area contributed by atoms with Gasteiger partial charge in [-0.05, 0) is 29.8 Å². The van der Waals surface area contributed by atoms with E-state index in [1.54, 1.807) is 18.2 Å². The van der Waals surface area contributed by atoms with Crippen LogP contribution >= 0.6 is 0 Å². The third-order valence-corrected chi connectivity index (χ3v) is 6.43. The standard InChI is InChI=1S/C32H23N2O2.Pt/c1-21(22-10-3-2-4-11-22)27-16-9-17-28(33-27)24-13-7-12-23(20-24)25-15-8-19-30-31(25)34-32(36-30)26-14-5-6-18-29(26)35;/h2-19,21,35H,1H3;/q-1;. The first kappa shape index (κ1) is 24.7. The van der Waals surface area contributed by atoms with Gasteiger partial charge in [-0.2, -0.15) is 0 Å². The summed E-state index contributed by atoms with van der Waals surface area (Å²) >= 11 is 0. The summed E-state index contributed by atoms with van der Waals surface area (Å²) < 4.78 is 6.00. The fourth-order valence-electron chi connectivity index (χ4n) is 4.47. The normalized spacial score (nSPS) is 11.7. The van der Waals surface area contributed by atoms with Crippen LogP contribution in [0.1, 0.15) is 24.1 Å². The number of aromatic nitrogens is 2. The Hall–Kier alpha value is -4.01. The molecule has 5 heteroatoms. The van der Waals surface area contributed by atoms with Gasteiger partial charge in [0.25, 0.3) is 0 Å². The molecule has 0 aliphatic rings. The maximum atomic E-state index is 10.3. The Bertz CT molecular complexity index is 1680. The van der Waals surface area contributed by atoms with Crippen LogP contribution in [0.5, 0.6) is 5.75 Å². The second-order valence-electron chi connectivity index (χ2n) is 8.75. The van der Waals surface area contributed by atoms with Crippen molar-refractivity contribution in [1.82, 2.24) is 9.97 Å². The van der Waals surface area contributed by atoms with Crippen molar-refractivity contribution >= 4 is 11.1 Å². The summed E-state index contributed by atoms with van der Waals surface area (Å²) in [7, 11) is 0. The van der Waals surface area contributed by atoms with Gasteiger partial charge in [0.2, 0.25) is 5.89 Å². The summed E-state index contributed by atoms with van der Waals surface area (Å²) in [5, 5.41) is 10.3. The van der Waals surface area contributed by atoms with Crippen LogP contribution in [0.4, 0.5) is 0 Å². The van der Waals surface area contributed by atoms with E-state index < -0.39 is 0 Å². The minimum absolute atomic E-state index is 0. The molecule has 1 unspecified atom stereocenters. The van der Waals surface area contributed by atoms with Crippen molar-refractivity contribution in [3.05, 3.63) is 127 Å². The maximum absolute atomic E-state index is 10.3.